The van der Waals surface area contributed by atoms with Crippen molar-refractivity contribution in [3.8, 4) is 5.75 Å². The van der Waals surface area contributed by atoms with Crippen molar-refractivity contribution in [2.45, 2.75) is 40.0 Å². The topological polar surface area (TPSA) is 42.7 Å². The lowest BCUT2D eigenvalue weighted by atomic mass is 9.98. The molecule has 24 heavy (non-hydrogen) atoms. The highest BCUT2D eigenvalue weighted by molar-refractivity contribution is 5.98. The first kappa shape index (κ1) is 16.6. The Kier molecular flexibility index (Phi) is 4.65. The van der Waals surface area contributed by atoms with Crippen molar-refractivity contribution in [2.24, 2.45) is 0 Å². The number of rotatable bonds is 3. The molecule has 0 spiro atoms. The zero-order valence-electron chi connectivity index (χ0n) is 14.9. The first-order valence-corrected chi connectivity index (χ1v) is 8.56. The van der Waals surface area contributed by atoms with Crippen LogP contribution in [0.4, 0.5) is 0 Å². The van der Waals surface area contributed by atoms with Gasteiger partial charge < -0.3 is 14.1 Å². The van der Waals surface area contributed by atoms with Crippen molar-refractivity contribution >= 4 is 22.4 Å². The van der Waals surface area contributed by atoms with Crippen LogP contribution in [-0.4, -0.2) is 31.0 Å². The van der Waals surface area contributed by atoms with E-state index in [9.17, 15) is 4.79 Å². The highest BCUT2D eigenvalue weighted by atomic mass is 16.5. The number of hydrogen-bond acceptors (Lipinski definition) is 3. The lowest BCUT2D eigenvalue weighted by Gasteiger charge is -2.25. The third-order valence-electron chi connectivity index (χ3n) is 4.87. The standard InChI is InChI=1S/C20H25NO3/c1-13(10-18(22)21-8-6-5-7-9-21)16-11-17-14(2)12-24-20(17)15(3)19(16)23-4/h10-12H,5-9H2,1-4H3/b13-10+. The predicted molar refractivity (Wildman–Crippen MR) is 96.3 cm³/mol. The molecule has 4 heteroatoms. The Morgan fingerprint density at radius 3 is 2.62 bits per heavy atom. The molecule has 1 aliphatic rings. The van der Waals surface area contributed by atoms with E-state index in [1.807, 2.05) is 25.7 Å². The van der Waals surface area contributed by atoms with Crippen LogP contribution in [0.15, 0.2) is 22.8 Å². The molecule has 0 saturated carbocycles. The second-order valence-corrected chi connectivity index (χ2v) is 6.59. The summed E-state index contributed by atoms with van der Waals surface area (Å²) in [6.07, 6.45) is 6.92. The van der Waals surface area contributed by atoms with Gasteiger partial charge in [-0.2, -0.15) is 0 Å². The number of allylic oxidation sites excluding steroid dienone is 1. The molecule has 0 unspecified atom stereocenters. The van der Waals surface area contributed by atoms with Crippen LogP contribution in [-0.2, 0) is 4.79 Å². The van der Waals surface area contributed by atoms with Gasteiger partial charge in [0.1, 0.15) is 11.3 Å². The molecule has 0 N–H and O–H groups in total. The lowest BCUT2D eigenvalue weighted by molar-refractivity contribution is -0.126. The molecule has 3 rings (SSSR count). The average molecular weight is 327 g/mol. The van der Waals surface area contributed by atoms with E-state index >= 15 is 0 Å². The van der Waals surface area contributed by atoms with Gasteiger partial charge in [0.05, 0.1) is 13.4 Å². The fourth-order valence-electron chi connectivity index (χ4n) is 3.46. The maximum Gasteiger partial charge on any atom is 0.246 e. The van der Waals surface area contributed by atoms with Gasteiger partial charge in [0, 0.05) is 35.7 Å². The fraction of sp³-hybridized carbons (Fsp3) is 0.450. The number of carbonyl (C=O) groups excluding carboxylic acids is 1. The molecule has 4 nitrogen and oxygen atoms in total. The number of carbonyl (C=O) groups is 1. The van der Waals surface area contributed by atoms with Crippen molar-refractivity contribution in [3.05, 3.63) is 35.1 Å². The number of ether oxygens (including phenoxy) is 1. The van der Waals surface area contributed by atoms with Gasteiger partial charge in [-0.25, -0.2) is 0 Å². The largest absolute Gasteiger partial charge is 0.496 e. The molecule has 0 bridgehead atoms. The Labute approximate surface area is 143 Å². The van der Waals surface area contributed by atoms with Crippen LogP contribution in [0.3, 0.4) is 0 Å². The van der Waals surface area contributed by atoms with Crippen LogP contribution in [0.25, 0.3) is 16.5 Å². The molecule has 0 atom stereocenters. The van der Waals surface area contributed by atoms with Gasteiger partial charge in [-0.1, -0.05) is 0 Å². The van der Waals surface area contributed by atoms with Crippen LogP contribution in [0.2, 0.25) is 0 Å². The summed E-state index contributed by atoms with van der Waals surface area (Å²) in [5, 5.41) is 1.07. The minimum absolute atomic E-state index is 0.0934. The fourth-order valence-corrected chi connectivity index (χ4v) is 3.46. The summed E-state index contributed by atoms with van der Waals surface area (Å²) in [4.78, 5) is 14.5. The number of fused-ring (bicyclic) bond motifs is 1. The lowest BCUT2D eigenvalue weighted by Crippen LogP contribution is -2.34. The van der Waals surface area contributed by atoms with Crippen molar-refractivity contribution in [3.63, 3.8) is 0 Å². The summed E-state index contributed by atoms with van der Waals surface area (Å²) >= 11 is 0. The van der Waals surface area contributed by atoms with Gasteiger partial charge in [-0.05, 0) is 57.2 Å². The summed E-state index contributed by atoms with van der Waals surface area (Å²) < 4.78 is 11.3. The van der Waals surface area contributed by atoms with E-state index < -0.39 is 0 Å². The van der Waals surface area contributed by atoms with Crippen molar-refractivity contribution in [1.82, 2.24) is 4.90 Å². The maximum atomic E-state index is 12.5. The third-order valence-corrected chi connectivity index (χ3v) is 4.87. The van der Waals surface area contributed by atoms with Crippen molar-refractivity contribution in [2.75, 3.05) is 20.2 Å². The maximum absolute atomic E-state index is 12.5. The van der Waals surface area contributed by atoms with Crippen LogP contribution in [0.1, 0.15) is 42.9 Å². The number of nitrogens with zero attached hydrogens (tertiary/aromatic N) is 1. The highest BCUT2D eigenvalue weighted by Gasteiger charge is 2.19. The molecule has 1 aliphatic heterocycles. The van der Waals surface area contributed by atoms with Gasteiger partial charge in [0.15, 0.2) is 0 Å². The molecule has 128 valence electrons. The summed E-state index contributed by atoms with van der Waals surface area (Å²) in [7, 11) is 1.66. The quantitative estimate of drug-likeness (QED) is 0.781. The number of furan rings is 1. The third kappa shape index (κ3) is 2.93. The SMILES string of the molecule is COc1c(/C(C)=C/C(=O)N2CCCCC2)cc2c(C)coc2c1C. The first-order valence-electron chi connectivity index (χ1n) is 8.56. The monoisotopic (exact) mass is 327 g/mol. The minimum atomic E-state index is 0.0934. The smallest absolute Gasteiger partial charge is 0.246 e. The number of hydrogen-bond donors (Lipinski definition) is 0. The van der Waals surface area contributed by atoms with Crippen molar-refractivity contribution in [1.29, 1.82) is 0 Å². The number of benzene rings is 1. The van der Waals surface area contributed by atoms with Gasteiger partial charge in [0.25, 0.3) is 0 Å². The zero-order valence-corrected chi connectivity index (χ0v) is 14.9. The number of methoxy groups -OCH3 is 1. The number of amides is 1. The molecule has 1 amide bonds. The Bertz CT molecular complexity index is 795. The average Bonchev–Trinajstić information content (AvgIpc) is 2.97. The van der Waals surface area contributed by atoms with Crippen LogP contribution in [0.5, 0.6) is 5.75 Å². The van der Waals surface area contributed by atoms with E-state index in [-0.39, 0.29) is 5.91 Å². The van der Waals surface area contributed by atoms with E-state index in [0.29, 0.717) is 0 Å². The number of piperidine rings is 1. The molecule has 1 aromatic carbocycles. The van der Waals surface area contributed by atoms with Gasteiger partial charge in [-0.3, -0.25) is 4.79 Å². The van der Waals surface area contributed by atoms with Crippen LogP contribution >= 0.6 is 0 Å². The molecule has 2 heterocycles. The predicted octanol–water partition coefficient (Wildman–Crippen LogP) is 4.47. The minimum Gasteiger partial charge on any atom is -0.496 e. The normalized spacial score (nSPS) is 15.8. The Hall–Kier alpha value is -2.23. The van der Waals surface area contributed by atoms with Crippen LogP contribution < -0.4 is 4.74 Å². The second kappa shape index (κ2) is 6.71. The molecule has 1 fully saturated rings. The van der Waals surface area contributed by atoms with E-state index in [2.05, 4.69) is 6.07 Å². The molecule has 2 aromatic rings. The van der Waals surface area contributed by atoms with E-state index in [4.69, 9.17) is 9.15 Å². The number of aryl methyl sites for hydroxylation is 2. The summed E-state index contributed by atoms with van der Waals surface area (Å²) in [5.41, 5.74) is 4.79. The second-order valence-electron chi connectivity index (χ2n) is 6.59. The Balaban J connectivity index is 2.01. The molecule has 1 saturated heterocycles. The molecular weight excluding hydrogens is 302 g/mol. The summed E-state index contributed by atoms with van der Waals surface area (Å²) in [6, 6.07) is 2.06. The zero-order chi connectivity index (χ0) is 17.3. The van der Waals surface area contributed by atoms with Gasteiger partial charge in [-0.15, -0.1) is 0 Å². The summed E-state index contributed by atoms with van der Waals surface area (Å²) in [5.74, 6) is 0.868. The number of likely N-dealkylation sites (tertiary alicyclic amines) is 1. The molecule has 1 aromatic heterocycles. The highest BCUT2D eigenvalue weighted by Crippen LogP contribution is 2.37. The first-order chi connectivity index (χ1) is 11.5. The van der Waals surface area contributed by atoms with E-state index in [1.54, 1.807) is 19.4 Å². The van der Waals surface area contributed by atoms with E-state index in [1.165, 1.54) is 6.42 Å². The van der Waals surface area contributed by atoms with Crippen molar-refractivity contribution < 1.29 is 13.9 Å². The van der Waals surface area contributed by atoms with Gasteiger partial charge in [0.2, 0.25) is 5.91 Å². The molecule has 0 aliphatic carbocycles. The van der Waals surface area contributed by atoms with Gasteiger partial charge >= 0.3 is 0 Å². The summed E-state index contributed by atoms with van der Waals surface area (Å²) in [6.45, 7) is 7.71. The van der Waals surface area contributed by atoms with Crippen LogP contribution in [0, 0.1) is 13.8 Å². The Morgan fingerprint density at radius 1 is 1.25 bits per heavy atom. The molecular formula is C20H25NO3. The van der Waals surface area contributed by atoms with E-state index in [0.717, 1.165) is 64.9 Å². The Morgan fingerprint density at radius 2 is 1.96 bits per heavy atom. The molecule has 0 radical (unpaired) electrons.